The summed E-state index contributed by atoms with van der Waals surface area (Å²) in [5.74, 6) is 1.03. The molecule has 2 aromatic carbocycles. The van der Waals surface area contributed by atoms with Crippen molar-refractivity contribution in [2.75, 3.05) is 12.3 Å². The minimum atomic E-state index is -0.0391. The molecule has 3 heteroatoms. The Bertz CT molecular complexity index is 588. The predicted molar refractivity (Wildman–Crippen MR) is 81.2 cm³/mol. The SMILES string of the molecule is CC(C)c1ccc(C(=O)COc2cccc(N)c2)cc1. The first-order valence-electron chi connectivity index (χ1n) is 6.68. The maximum Gasteiger partial charge on any atom is 0.200 e. The molecule has 20 heavy (non-hydrogen) atoms. The Morgan fingerprint density at radius 3 is 2.45 bits per heavy atom. The number of ketones is 1. The summed E-state index contributed by atoms with van der Waals surface area (Å²) < 4.78 is 5.45. The van der Waals surface area contributed by atoms with Gasteiger partial charge in [-0.15, -0.1) is 0 Å². The van der Waals surface area contributed by atoms with Crippen molar-refractivity contribution in [3.8, 4) is 5.75 Å². The molecular weight excluding hydrogens is 250 g/mol. The highest BCUT2D eigenvalue weighted by Gasteiger charge is 2.08. The molecule has 2 N–H and O–H groups in total. The van der Waals surface area contributed by atoms with E-state index in [9.17, 15) is 4.79 Å². The molecule has 0 radical (unpaired) electrons. The molecule has 0 heterocycles. The fourth-order valence-corrected chi connectivity index (χ4v) is 1.89. The fourth-order valence-electron chi connectivity index (χ4n) is 1.89. The molecule has 0 aliphatic carbocycles. The summed E-state index contributed by atoms with van der Waals surface area (Å²) in [6, 6.07) is 14.7. The van der Waals surface area contributed by atoms with Crippen molar-refractivity contribution < 1.29 is 9.53 Å². The molecule has 0 fully saturated rings. The van der Waals surface area contributed by atoms with Crippen LogP contribution in [0.5, 0.6) is 5.75 Å². The zero-order valence-corrected chi connectivity index (χ0v) is 11.8. The second kappa shape index (κ2) is 6.24. The highest BCUT2D eigenvalue weighted by atomic mass is 16.5. The minimum Gasteiger partial charge on any atom is -0.485 e. The lowest BCUT2D eigenvalue weighted by molar-refractivity contribution is 0.0921. The summed E-state index contributed by atoms with van der Waals surface area (Å²) in [5.41, 5.74) is 8.16. The zero-order valence-electron chi connectivity index (χ0n) is 11.8. The molecular formula is C17H19NO2. The molecule has 0 saturated heterocycles. The van der Waals surface area contributed by atoms with Crippen LogP contribution < -0.4 is 10.5 Å². The average Bonchev–Trinajstić information content (AvgIpc) is 2.45. The van der Waals surface area contributed by atoms with Crippen LogP contribution in [0.4, 0.5) is 5.69 Å². The van der Waals surface area contributed by atoms with Crippen LogP contribution >= 0.6 is 0 Å². The lowest BCUT2D eigenvalue weighted by atomic mass is 10.0. The Morgan fingerprint density at radius 2 is 1.85 bits per heavy atom. The first-order chi connectivity index (χ1) is 9.56. The monoisotopic (exact) mass is 269 g/mol. The topological polar surface area (TPSA) is 52.3 Å². The molecule has 104 valence electrons. The van der Waals surface area contributed by atoms with Gasteiger partial charge in [-0.05, 0) is 23.6 Å². The summed E-state index contributed by atoms with van der Waals surface area (Å²) in [6.45, 7) is 4.27. The standard InChI is InChI=1S/C17H19NO2/c1-12(2)13-6-8-14(9-7-13)17(19)11-20-16-5-3-4-15(18)10-16/h3-10,12H,11,18H2,1-2H3. The van der Waals surface area contributed by atoms with Crippen LogP contribution in [0.1, 0.15) is 35.7 Å². The van der Waals surface area contributed by atoms with Gasteiger partial charge in [-0.1, -0.05) is 44.2 Å². The van der Waals surface area contributed by atoms with Crippen molar-refractivity contribution in [2.45, 2.75) is 19.8 Å². The van der Waals surface area contributed by atoms with Gasteiger partial charge in [0.25, 0.3) is 0 Å². The number of hydrogen-bond donors (Lipinski definition) is 1. The number of nitrogens with two attached hydrogens (primary N) is 1. The zero-order chi connectivity index (χ0) is 14.5. The number of anilines is 1. The van der Waals surface area contributed by atoms with Crippen molar-refractivity contribution >= 4 is 11.5 Å². The van der Waals surface area contributed by atoms with Crippen LogP contribution in [0.15, 0.2) is 48.5 Å². The van der Waals surface area contributed by atoms with E-state index in [1.54, 1.807) is 24.3 Å². The Kier molecular flexibility index (Phi) is 4.41. The number of benzene rings is 2. The lowest BCUT2D eigenvalue weighted by Gasteiger charge is -2.08. The maximum absolute atomic E-state index is 12.0. The molecule has 2 aromatic rings. The first kappa shape index (κ1) is 14.1. The van der Waals surface area contributed by atoms with Crippen LogP contribution in [0, 0.1) is 0 Å². The van der Waals surface area contributed by atoms with Gasteiger partial charge >= 0.3 is 0 Å². The van der Waals surface area contributed by atoms with Crippen molar-refractivity contribution in [3.63, 3.8) is 0 Å². The maximum atomic E-state index is 12.0. The molecule has 0 bridgehead atoms. The van der Waals surface area contributed by atoms with Crippen molar-refractivity contribution in [1.82, 2.24) is 0 Å². The van der Waals surface area contributed by atoms with E-state index in [2.05, 4.69) is 13.8 Å². The number of carbonyl (C=O) groups excluding carboxylic acids is 1. The second-order valence-corrected chi connectivity index (χ2v) is 5.06. The molecule has 3 nitrogen and oxygen atoms in total. The molecule has 0 atom stereocenters. The van der Waals surface area contributed by atoms with E-state index < -0.39 is 0 Å². The minimum absolute atomic E-state index is 0.0183. The molecule has 0 unspecified atom stereocenters. The molecule has 0 saturated carbocycles. The molecule has 2 rings (SSSR count). The van der Waals surface area contributed by atoms with Crippen LogP contribution in [0.2, 0.25) is 0 Å². The van der Waals surface area contributed by atoms with E-state index in [0.717, 1.165) is 0 Å². The van der Waals surface area contributed by atoms with Gasteiger partial charge in [0, 0.05) is 17.3 Å². The smallest absolute Gasteiger partial charge is 0.200 e. The summed E-state index contributed by atoms with van der Waals surface area (Å²) in [7, 11) is 0. The van der Waals surface area contributed by atoms with E-state index >= 15 is 0 Å². The predicted octanol–water partition coefficient (Wildman–Crippen LogP) is 3.65. The average molecular weight is 269 g/mol. The number of rotatable bonds is 5. The van der Waals surface area contributed by atoms with Crippen LogP contribution in [-0.2, 0) is 0 Å². The van der Waals surface area contributed by atoms with Gasteiger partial charge in [0.15, 0.2) is 12.4 Å². The summed E-state index contributed by atoms with van der Waals surface area (Å²) >= 11 is 0. The van der Waals surface area contributed by atoms with Gasteiger partial charge in [0.2, 0.25) is 0 Å². The van der Waals surface area contributed by atoms with Gasteiger partial charge in [-0.25, -0.2) is 0 Å². The van der Waals surface area contributed by atoms with Gasteiger partial charge in [0.05, 0.1) is 0 Å². The van der Waals surface area contributed by atoms with E-state index in [-0.39, 0.29) is 12.4 Å². The third-order valence-corrected chi connectivity index (χ3v) is 3.13. The van der Waals surface area contributed by atoms with E-state index in [4.69, 9.17) is 10.5 Å². The number of hydrogen-bond acceptors (Lipinski definition) is 3. The Morgan fingerprint density at radius 1 is 1.15 bits per heavy atom. The Labute approximate surface area is 119 Å². The fraction of sp³-hybridized carbons (Fsp3) is 0.235. The summed E-state index contributed by atoms with van der Waals surface area (Å²) in [4.78, 5) is 12.0. The van der Waals surface area contributed by atoms with Gasteiger partial charge in [-0.2, -0.15) is 0 Å². The van der Waals surface area contributed by atoms with E-state index in [0.29, 0.717) is 22.9 Å². The third-order valence-electron chi connectivity index (χ3n) is 3.13. The van der Waals surface area contributed by atoms with E-state index in [1.165, 1.54) is 5.56 Å². The van der Waals surface area contributed by atoms with Crippen molar-refractivity contribution in [2.24, 2.45) is 0 Å². The Hall–Kier alpha value is -2.29. The molecule has 0 aromatic heterocycles. The van der Waals surface area contributed by atoms with Gasteiger partial charge in [-0.3, -0.25) is 4.79 Å². The number of ether oxygens (including phenoxy) is 1. The van der Waals surface area contributed by atoms with Crippen LogP contribution in [0.3, 0.4) is 0 Å². The normalized spacial score (nSPS) is 10.6. The number of Topliss-reactive ketones (excluding diaryl/α,β-unsaturated/α-hetero) is 1. The molecule has 0 aliphatic rings. The molecule has 0 aliphatic heterocycles. The second-order valence-electron chi connectivity index (χ2n) is 5.06. The summed E-state index contributed by atoms with van der Waals surface area (Å²) in [6.07, 6.45) is 0. The Balaban J connectivity index is 1.98. The van der Waals surface area contributed by atoms with Crippen molar-refractivity contribution in [3.05, 3.63) is 59.7 Å². The first-order valence-corrected chi connectivity index (χ1v) is 6.68. The molecule has 0 amide bonds. The summed E-state index contributed by atoms with van der Waals surface area (Å²) in [5, 5.41) is 0. The number of nitrogen functional groups attached to an aromatic ring is 1. The highest BCUT2D eigenvalue weighted by Crippen LogP contribution is 2.17. The largest absolute Gasteiger partial charge is 0.485 e. The van der Waals surface area contributed by atoms with Gasteiger partial charge in [0.1, 0.15) is 5.75 Å². The lowest BCUT2D eigenvalue weighted by Crippen LogP contribution is -2.11. The van der Waals surface area contributed by atoms with E-state index in [1.807, 2.05) is 24.3 Å². The molecule has 0 spiro atoms. The highest BCUT2D eigenvalue weighted by molar-refractivity contribution is 5.97. The van der Waals surface area contributed by atoms with Crippen LogP contribution in [-0.4, -0.2) is 12.4 Å². The van der Waals surface area contributed by atoms with Gasteiger partial charge < -0.3 is 10.5 Å². The third kappa shape index (κ3) is 3.60. The van der Waals surface area contributed by atoms with Crippen molar-refractivity contribution in [1.29, 1.82) is 0 Å². The quantitative estimate of drug-likeness (QED) is 0.665. The van der Waals surface area contributed by atoms with Crippen LogP contribution in [0.25, 0.3) is 0 Å². The number of carbonyl (C=O) groups is 1.